The molecule has 30 heavy (non-hydrogen) atoms. The molecule has 1 amide bonds. The van der Waals surface area contributed by atoms with E-state index in [9.17, 15) is 4.79 Å². The zero-order valence-corrected chi connectivity index (χ0v) is 17.9. The average Bonchev–Trinajstić information content (AvgIpc) is 3.25. The van der Waals surface area contributed by atoms with E-state index in [2.05, 4.69) is 29.7 Å². The summed E-state index contributed by atoms with van der Waals surface area (Å²) in [5.74, 6) is 1.86. The first kappa shape index (κ1) is 21.7. The molecule has 0 aromatic heterocycles. The summed E-state index contributed by atoms with van der Waals surface area (Å²) in [7, 11) is 0. The first-order valence-electron chi connectivity index (χ1n) is 10.8. The standard InChI is InChI=1S/C24H32N4O2/c1-3-23(29)28-15-14-21(17-28)27-24(25-4-2)26-16-19-10-12-22(13-11-19)30-18-20-8-6-5-7-9-20/h5-13,21H,3-4,14-18H2,1-2H3,(H2,25,26,27). The number of amides is 1. The number of guanidine groups is 1. The lowest BCUT2D eigenvalue weighted by Crippen LogP contribution is -2.45. The van der Waals surface area contributed by atoms with E-state index in [1.807, 2.05) is 54.3 Å². The predicted molar refractivity (Wildman–Crippen MR) is 120 cm³/mol. The predicted octanol–water partition coefficient (Wildman–Crippen LogP) is 3.33. The van der Waals surface area contributed by atoms with E-state index in [0.29, 0.717) is 19.6 Å². The second kappa shape index (κ2) is 11.2. The number of aliphatic imine (C=N–C) groups is 1. The molecular weight excluding hydrogens is 376 g/mol. The van der Waals surface area contributed by atoms with E-state index in [1.54, 1.807) is 0 Å². The van der Waals surface area contributed by atoms with E-state index in [4.69, 9.17) is 9.73 Å². The summed E-state index contributed by atoms with van der Waals surface area (Å²) in [6.45, 7) is 7.45. The maximum Gasteiger partial charge on any atom is 0.222 e. The first-order chi connectivity index (χ1) is 14.7. The van der Waals surface area contributed by atoms with Crippen molar-refractivity contribution in [2.24, 2.45) is 4.99 Å². The Balaban J connectivity index is 1.51. The van der Waals surface area contributed by atoms with Gasteiger partial charge in [0.1, 0.15) is 12.4 Å². The van der Waals surface area contributed by atoms with Crippen LogP contribution in [0.3, 0.4) is 0 Å². The summed E-state index contributed by atoms with van der Waals surface area (Å²) in [6, 6.07) is 18.4. The molecule has 2 N–H and O–H groups in total. The Morgan fingerprint density at radius 1 is 1.10 bits per heavy atom. The summed E-state index contributed by atoms with van der Waals surface area (Å²) < 4.78 is 5.85. The molecule has 0 spiro atoms. The number of hydrogen-bond acceptors (Lipinski definition) is 3. The molecule has 0 bridgehead atoms. The SMILES string of the molecule is CCNC(=NCc1ccc(OCc2ccccc2)cc1)NC1CCN(C(=O)CC)C1. The number of nitrogens with zero attached hydrogens (tertiary/aromatic N) is 2. The van der Waals surface area contributed by atoms with E-state index in [1.165, 1.54) is 0 Å². The Hall–Kier alpha value is -3.02. The van der Waals surface area contributed by atoms with Crippen LogP contribution in [0.4, 0.5) is 0 Å². The molecule has 0 aliphatic carbocycles. The van der Waals surface area contributed by atoms with Crippen LogP contribution in [0.5, 0.6) is 5.75 Å². The zero-order valence-electron chi connectivity index (χ0n) is 17.9. The lowest BCUT2D eigenvalue weighted by molar-refractivity contribution is -0.129. The Morgan fingerprint density at radius 3 is 2.57 bits per heavy atom. The van der Waals surface area contributed by atoms with Crippen LogP contribution in [0.1, 0.15) is 37.8 Å². The Morgan fingerprint density at radius 2 is 1.87 bits per heavy atom. The van der Waals surface area contributed by atoms with Crippen molar-refractivity contribution >= 4 is 11.9 Å². The highest BCUT2D eigenvalue weighted by Crippen LogP contribution is 2.15. The lowest BCUT2D eigenvalue weighted by Gasteiger charge is -2.18. The van der Waals surface area contributed by atoms with Crippen molar-refractivity contribution in [3.05, 3.63) is 65.7 Å². The third kappa shape index (κ3) is 6.51. The van der Waals surface area contributed by atoms with Crippen LogP contribution >= 0.6 is 0 Å². The number of ether oxygens (including phenoxy) is 1. The van der Waals surface area contributed by atoms with Crippen molar-refractivity contribution < 1.29 is 9.53 Å². The molecule has 160 valence electrons. The highest BCUT2D eigenvalue weighted by Gasteiger charge is 2.25. The van der Waals surface area contributed by atoms with Gasteiger partial charge >= 0.3 is 0 Å². The van der Waals surface area contributed by atoms with Crippen LogP contribution in [-0.2, 0) is 17.9 Å². The minimum atomic E-state index is 0.218. The molecule has 1 aliphatic rings. The van der Waals surface area contributed by atoms with Crippen LogP contribution in [-0.4, -0.2) is 42.4 Å². The van der Waals surface area contributed by atoms with Gasteiger partial charge in [-0.15, -0.1) is 0 Å². The van der Waals surface area contributed by atoms with Crippen LogP contribution < -0.4 is 15.4 Å². The Bertz CT molecular complexity index is 821. The zero-order chi connectivity index (χ0) is 21.2. The highest BCUT2D eigenvalue weighted by atomic mass is 16.5. The number of rotatable bonds is 8. The smallest absolute Gasteiger partial charge is 0.222 e. The summed E-state index contributed by atoms with van der Waals surface area (Å²) >= 11 is 0. The van der Waals surface area contributed by atoms with Crippen molar-refractivity contribution in [2.45, 2.75) is 45.9 Å². The number of nitrogens with one attached hydrogen (secondary N) is 2. The van der Waals surface area contributed by atoms with Gasteiger partial charge in [0.25, 0.3) is 0 Å². The second-order valence-electron chi connectivity index (χ2n) is 7.44. The van der Waals surface area contributed by atoms with Gasteiger partial charge < -0.3 is 20.3 Å². The van der Waals surface area contributed by atoms with Gasteiger partial charge in [-0.25, -0.2) is 4.99 Å². The van der Waals surface area contributed by atoms with Gasteiger partial charge in [-0.2, -0.15) is 0 Å². The third-order valence-corrected chi connectivity index (χ3v) is 5.12. The minimum absolute atomic E-state index is 0.218. The van der Waals surface area contributed by atoms with E-state index < -0.39 is 0 Å². The van der Waals surface area contributed by atoms with Crippen LogP contribution in [0.25, 0.3) is 0 Å². The maximum absolute atomic E-state index is 11.9. The van der Waals surface area contributed by atoms with Crippen LogP contribution in [0.2, 0.25) is 0 Å². The summed E-state index contributed by atoms with van der Waals surface area (Å²) in [5, 5.41) is 6.76. The van der Waals surface area contributed by atoms with Gasteiger partial charge in [-0.1, -0.05) is 49.4 Å². The molecule has 3 rings (SSSR count). The Labute approximate surface area is 179 Å². The van der Waals surface area contributed by atoms with Crippen molar-refractivity contribution in [3.8, 4) is 5.75 Å². The third-order valence-electron chi connectivity index (χ3n) is 5.12. The topological polar surface area (TPSA) is 66.0 Å². The maximum atomic E-state index is 11.9. The molecule has 1 unspecified atom stereocenters. The van der Waals surface area contributed by atoms with Gasteiger partial charge in [-0.3, -0.25) is 4.79 Å². The molecule has 1 atom stereocenters. The molecule has 2 aromatic rings. The fraction of sp³-hybridized carbons (Fsp3) is 0.417. The second-order valence-corrected chi connectivity index (χ2v) is 7.44. The number of benzene rings is 2. The normalized spacial score (nSPS) is 16.4. The summed E-state index contributed by atoms with van der Waals surface area (Å²) in [6.07, 6.45) is 1.51. The fourth-order valence-corrected chi connectivity index (χ4v) is 3.44. The molecule has 1 fully saturated rings. The lowest BCUT2D eigenvalue weighted by atomic mass is 10.2. The molecule has 1 saturated heterocycles. The monoisotopic (exact) mass is 408 g/mol. The quantitative estimate of drug-likeness (QED) is 0.519. The molecule has 0 saturated carbocycles. The van der Waals surface area contributed by atoms with E-state index >= 15 is 0 Å². The summed E-state index contributed by atoms with van der Waals surface area (Å²) in [5.41, 5.74) is 2.27. The highest BCUT2D eigenvalue weighted by molar-refractivity contribution is 5.80. The van der Waals surface area contributed by atoms with E-state index in [-0.39, 0.29) is 11.9 Å². The van der Waals surface area contributed by atoms with Crippen LogP contribution in [0.15, 0.2) is 59.6 Å². The molecule has 1 aliphatic heterocycles. The van der Waals surface area contributed by atoms with Crippen molar-refractivity contribution in [1.82, 2.24) is 15.5 Å². The summed E-state index contributed by atoms with van der Waals surface area (Å²) in [4.78, 5) is 18.5. The fourth-order valence-electron chi connectivity index (χ4n) is 3.44. The number of likely N-dealkylation sites (tertiary alicyclic amines) is 1. The van der Waals surface area contributed by atoms with Gasteiger partial charge in [0, 0.05) is 32.1 Å². The molecule has 0 radical (unpaired) electrons. The molecule has 6 heteroatoms. The first-order valence-corrected chi connectivity index (χ1v) is 10.8. The molecule has 6 nitrogen and oxygen atoms in total. The average molecular weight is 409 g/mol. The van der Waals surface area contributed by atoms with Gasteiger partial charge in [0.2, 0.25) is 5.91 Å². The van der Waals surface area contributed by atoms with E-state index in [0.717, 1.165) is 48.9 Å². The largest absolute Gasteiger partial charge is 0.489 e. The number of carbonyl (C=O) groups is 1. The van der Waals surface area contributed by atoms with Gasteiger partial charge in [0.05, 0.1) is 6.54 Å². The molecular formula is C24H32N4O2. The van der Waals surface area contributed by atoms with Crippen LogP contribution in [0, 0.1) is 0 Å². The van der Waals surface area contributed by atoms with Crippen molar-refractivity contribution in [2.75, 3.05) is 19.6 Å². The minimum Gasteiger partial charge on any atom is -0.489 e. The van der Waals surface area contributed by atoms with Gasteiger partial charge in [-0.05, 0) is 36.6 Å². The van der Waals surface area contributed by atoms with Gasteiger partial charge in [0.15, 0.2) is 5.96 Å². The number of carbonyl (C=O) groups excluding carboxylic acids is 1. The molecule has 1 heterocycles. The Kier molecular flexibility index (Phi) is 8.12. The van der Waals surface area contributed by atoms with Crippen molar-refractivity contribution in [3.63, 3.8) is 0 Å². The molecule has 2 aromatic carbocycles. The number of hydrogen-bond donors (Lipinski definition) is 2. The van der Waals surface area contributed by atoms with Crippen molar-refractivity contribution in [1.29, 1.82) is 0 Å².